The molecule has 0 N–H and O–H groups in total. The van der Waals surface area contributed by atoms with Gasteiger partial charge in [-0.15, -0.1) is 0 Å². The molecule has 1 aliphatic rings. The molecule has 0 amide bonds. The van der Waals surface area contributed by atoms with E-state index in [0.717, 1.165) is 12.8 Å². The molecule has 1 aliphatic heterocycles. The smallest absolute Gasteiger partial charge is 0.203 e. The Labute approximate surface area is 102 Å². The lowest BCUT2D eigenvalue weighted by Crippen LogP contribution is -2.02. The van der Waals surface area contributed by atoms with Gasteiger partial charge in [0.05, 0.1) is 16.4 Å². The highest BCUT2D eigenvalue weighted by molar-refractivity contribution is 7.94. The Morgan fingerprint density at radius 3 is 2.65 bits per heavy atom. The second kappa shape index (κ2) is 4.92. The van der Waals surface area contributed by atoms with Crippen molar-refractivity contribution in [2.24, 2.45) is 0 Å². The zero-order valence-corrected chi connectivity index (χ0v) is 10.6. The van der Waals surface area contributed by atoms with Gasteiger partial charge in [0.1, 0.15) is 5.76 Å². The molecule has 4 heteroatoms. The van der Waals surface area contributed by atoms with Crippen LogP contribution in [0.1, 0.15) is 26.2 Å². The van der Waals surface area contributed by atoms with Crippen LogP contribution < -0.4 is 0 Å². The van der Waals surface area contributed by atoms with E-state index in [-0.39, 0.29) is 6.10 Å². The van der Waals surface area contributed by atoms with Gasteiger partial charge in [0, 0.05) is 6.42 Å². The molecule has 92 valence electrons. The Balaban J connectivity index is 2.22. The topological polar surface area (TPSA) is 43.4 Å². The van der Waals surface area contributed by atoms with Crippen molar-refractivity contribution in [1.82, 2.24) is 0 Å². The van der Waals surface area contributed by atoms with E-state index in [2.05, 4.69) is 0 Å². The van der Waals surface area contributed by atoms with Gasteiger partial charge in [-0.25, -0.2) is 8.42 Å². The number of hydrogen-bond donors (Lipinski definition) is 0. The van der Waals surface area contributed by atoms with Gasteiger partial charge in [0.2, 0.25) is 9.84 Å². The Hall–Kier alpha value is -1.29. The van der Waals surface area contributed by atoms with Crippen molar-refractivity contribution in [3.63, 3.8) is 0 Å². The van der Waals surface area contributed by atoms with Crippen LogP contribution in [0.3, 0.4) is 0 Å². The summed E-state index contributed by atoms with van der Waals surface area (Å²) in [6.07, 6.45) is 2.71. The van der Waals surface area contributed by atoms with Gasteiger partial charge in [0.15, 0.2) is 0 Å². The molecule has 0 saturated carbocycles. The number of allylic oxidation sites excluding steroid dienone is 1. The average Bonchev–Trinajstić information content (AvgIpc) is 2.77. The molecule has 1 heterocycles. The summed E-state index contributed by atoms with van der Waals surface area (Å²) in [4.78, 5) is 0.316. The van der Waals surface area contributed by atoms with Crippen LogP contribution in [0, 0.1) is 0 Å². The van der Waals surface area contributed by atoms with Crippen molar-refractivity contribution in [3.05, 3.63) is 41.5 Å². The van der Waals surface area contributed by atoms with E-state index in [1.807, 2.05) is 6.92 Å². The monoisotopic (exact) mass is 252 g/mol. The van der Waals surface area contributed by atoms with Crippen molar-refractivity contribution in [2.45, 2.75) is 37.2 Å². The molecule has 1 atom stereocenters. The van der Waals surface area contributed by atoms with Gasteiger partial charge >= 0.3 is 0 Å². The molecule has 1 unspecified atom stereocenters. The van der Waals surface area contributed by atoms with Crippen LogP contribution in [0.25, 0.3) is 0 Å². The van der Waals surface area contributed by atoms with Crippen molar-refractivity contribution in [1.29, 1.82) is 0 Å². The maximum absolute atomic E-state index is 12.0. The van der Waals surface area contributed by atoms with E-state index in [4.69, 9.17) is 4.74 Å². The minimum atomic E-state index is -3.36. The summed E-state index contributed by atoms with van der Waals surface area (Å²) in [5.41, 5.74) is 0. The van der Waals surface area contributed by atoms with Crippen LogP contribution >= 0.6 is 0 Å². The van der Waals surface area contributed by atoms with Crippen LogP contribution in [-0.4, -0.2) is 14.5 Å². The summed E-state index contributed by atoms with van der Waals surface area (Å²) in [7, 11) is -3.36. The van der Waals surface area contributed by atoms with Crippen molar-refractivity contribution in [2.75, 3.05) is 0 Å². The molecule has 0 aliphatic carbocycles. The lowest BCUT2D eigenvalue weighted by Gasteiger charge is -2.06. The van der Waals surface area contributed by atoms with Crippen LogP contribution in [-0.2, 0) is 14.6 Å². The first-order valence-corrected chi connectivity index (χ1v) is 7.34. The zero-order valence-electron chi connectivity index (χ0n) is 9.80. The second-order valence-corrected chi connectivity index (χ2v) is 5.93. The molecule has 1 saturated heterocycles. The largest absolute Gasteiger partial charge is 0.494 e. The summed E-state index contributed by atoms with van der Waals surface area (Å²) in [5.74, 6) is 0.584. The van der Waals surface area contributed by atoms with E-state index in [0.29, 0.717) is 17.1 Å². The fourth-order valence-corrected chi connectivity index (χ4v) is 3.05. The number of benzene rings is 1. The SMILES string of the molecule is CCC1CC/C(=C\S(=O)(=O)c2ccccc2)O1. The van der Waals surface area contributed by atoms with Gasteiger partial charge in [-0.3, -0.25) is 0 Å². The van der Waals surface area contributed by atoms with Crippen molar-refractivity contribution in [3.8, 4) is 0 Å². The maximum Gasteiger partial charge on any atom is 0.203 e. The zero-order chi connectivity index (χ0) is 12.3. The second-order valence-electron chi connectivity index (χ2n) is 4.13. The van der Waals surface area contributed by atoms with Crippen molar-refractivity contribution >= 4 is 9.84 Å². The molecule has 1 fully saturated rings. The molecule has 1 aromatic carbocycles. The Morgan fingerprint density at radius 1 is 1.35 bits per heavy atom. The van der Waals surface area contributed by atoms with E-state index in [1.54, 1.807) is 30.3 Å². The van der Waals surface area contributed by atoms with E-state index in [9.17, 15) is 8.42 Å². The molecule has 0 radical (unpaired) electrons. The first-order valence-electron chi connectivity index (χ1n) is 5.79. The molecular weight excluding hydrogens is 236 g/mol. The Kier molecular flexibility index (Phi) is 3.52. The van der Waals surface area contributed by atoms with Gasteiger partial charge in [-0.1, -0.05) is 25.1 Å². The van der Waals surface area contributed by atoms with E-state index < -0.39 is 9.84 Å². The normalized spacial score (nSPS) is 22.6. The lowest BCUT2D eigenvalue weighted by molar-refractivity contribution is 0.157. The van der Waals surface area contributed by atoms with Crippen molar-refractivity contribution < 1.29 is 13.2 Å². The highest BCUT2D eigenvalue weighted by Gasteiger charge is 2.21. The predicted octanol–water partition coefficient (Wildman–Crippen LogP) is 2.89. The maximum atomic E-state index is 12.0. The highest BCUT2D eigenvalue weighted by atomic mass is 32.2. The number of hydrogen-bond acceptors (Lipinski definition) is 3. The standard InChI is InChI=1S/C13H16O3S/c1-2-11-8-9-12(16-11)10-17(14,15)13-6-4-3-5-7-13/h3-7,10-11H,2,8-9H2,1H3/b12-10+. The van der Waals surface area contributed by atoms with Gasteiger partial charge in [-0.05, 0) is 25.0 Å². The fraction of sp³-hybridized carbons (Fsp3) is 0.385. The minimum Gasteiger partial charge on any atom is -0.494 e. The average molecular weight is 252 g/mol. The van der Waals surface area contributed by atoms with E-state index >= 15 is 0 Å². The van der Waals surface area contributed by atoms with Crippen LogP contribution in [0.5, 0.6) is 0 Å². The summed E-state index contributed by atoms with van der Waals surface area (Å²) in [5, 5.41) is 1.26. The van der Waals surface area contributed by atoms with Gasteiger partial charge < -0.3 is 4.74 Å². The summed E-state index contributed by atoms with van der Waals surface area (Å²) in [6.45, 7) is 2.04. The first kappa shape index (κ1) is 12.2. The third-order valence-electron chi connectivity index (χ3n) is 2.84. The number of rotatable bonds is 3. The first-order chi connectivity index (χ1) is 8.12. The number of ether oxygens (including phenoxy) is 1. The van der Waals surface area contributed by atoms with Crippen LogP contribution in [0.2, 0.25) is 0 Å². The summed E-state index contributed by atoms with van der Waals surface area (Å²) in [6, 6.07) is 8.42. The van der Waals surface area contributed by atoms with Gasteiger partial charge in [0.25, 0.3) is 0 Å². The molecule has 17 heavy (non-hydrogen) atoms. The number of sulfone groups is 1. The summed E-state index contributed by atoms with van der Waals surface area (Å²) < 4.78 is 29.6. The van der Waals surface area contributed by atoms with Gasteiger partial charge in [-0.2, -0.15) is 0 Å². The molecule has 1 aromatic rings. The molecule has 0 spiro atoms. The lowest BCUT2D eigenvalue weighted by atomic mass is 10.2. The molecule has 0 bridgehead atoms. The van der Waals surface area contributed by atoms with E-state index in [1.165, 1.54) is 5.41 Å². The fourth-order valence-electron chi connectivity index (χ4n) is 1.86. The summed E-state index contributed by atoms with van der Waals surface area (Å²) >= 11 is 0. The molecular formula is C13H16O3S. The highest BCUT2D eigenvalue weighted by Crippen LogP contribution is 2.27. The third-order valence-corrected chi connectivity index (χ3v) is 4.35. The van der Waals surface area contributed by atoms with Crippen LogP contribution in [0.4, 0.5) is 0 Å². The molecule has 3 nitrogen and oxygen atoms in total. The Morgan fingerprint density at radius 2 is 2.06 bits per heavy atom. The van der Waals surface area contributed by atoms with Crippen LogP contribution in [0.15, 0.2) is 46.4 Å². The minimum absolute atomic E-state index is 0.173. The third kappa shape index (κ3) is 2.88. The quantitative estimate of drug-likeness (QED) is 0.830. The molecule has 2 rings (SSSR count). The molecule has 0 aromatic heterocycles. The Bertz CT molecular complexity index is 503. The predicted molar refractivity (Wildman–Crippen MR) is 66.1 cm³/mol.